The van der Waals surface area contributed by atoms with Gasteiger partial charge in [0.1, 0.15) is 12.1 Å². The molecule has 0 aliphatic heterocycles. The number of aromatic nitrogens is 2. The van der Waals surface area contributed by atoms with Crippen molar-refractivity contribution in [1.29, 1.82) is 0 Å². The lowest BCUT2D eigenvalue weighted by molar-refractivity contribution is 0.604. The fourth-order valence-electron chi connectivity index (χ4n) is 1.54. The van der Waals surface area contributed by atoms with Crippen molar-refractivity contribution in [3.05, 3.63) is 48.3 Å². The first-order valence-corrected chi connectivity index (χ1v) is 7.58. The second-order valence-electron chi connectivity index (χ2n) is 4.17. The lowest BCUT2D eigenvalue weighted by Crippen LogP contribution is -2.11. The number of sulfonamides is 1. The van der Waals surface area contributed by atoms with E-state index >= 15 is 0 Å². The van der Waals surface area contributed by atoms with E-state index < -0.39 is 15.8 Å². The molecule has 0 amide bonds. The molecule has 6 nitrogen and oxygen atoms in total. The molecule has 0 unspecified atom stereocenters. The molecule has 2 aromatic rings. The van der Waals surface area contributed by atoms with Crippen LogP contribution in [-0.2, 0) is 16.6 Å². The summed E-state index contributed by atoms with van der Waals surface area (Å²) in [4.78, 5) is 7.75. The minimum absolute atomic E-state index is 0.0955. The van der Waals surface area contributed by atoms with Crippen LogP contribution in [0.4, 0.5) is 15.8 Å². The Labute approximate surface area is 116 Å². The highest BCUT2D eigenvalue weighted by atomic mass is 32.2. The minimum atomic E-state index is -3.52. The third kappa shape index (κ3) is 4.16. The molecule has 0 atom stereocenters. The minimum Gasteiger partial charge on any atom is -0.381 e. The SMILES string of the molecule is CS(=O)(=O)Nc1cc(NCc2cncnc2)ccc1F. The van der Waals surface area contributed by atoms with Gasteiger partial charge in [0.25, 0.3) is 0 Å². The molecule has 1 aromatic carbocycles. The van der Waals surface area contributed by atoms with Crippen LogP contribution in [0.1, 0.15) is 5.56 Å². The van der Waals surface area contributed by atoms with E-state index in [1.807, 2.05) is 0 Å². The maximum Gasteiger partial charge on any atom is 0.229 e. The van der Waals surface area contributed by atoms with E-state index in [2.05, 4.69) is 20.0 Å². The van der Waals surface area contributed by atoms with Gasteiger partial charge in [0.2, 0.25) is 10.0 Å². The maximum absolute atomic E-state index is 13.5. The molecule has 0 spiro atoms. The normalized spacial score (nSPS) is 11.1. The highest BCUT2D eigenvalue weighted by molar-refractivity contribution is 7.92. The maximum atomic E-state index is 13.5. The summed E-state index contributed by atoms with van der Waals surface area (Å²) in [5, 5.41) is 3.03. The number of rotatable bonds is 5. The van der Waals surface area contributed by atoms with Crippen LogP contribution in [0.5, 0.6) is 0 Å². The summed E-state index contributed by atoms with van der Waals surface area (Å²) in [6.45, 7) is 0.449. The van der Waals surface area contributed by atoms with E-state index in [0.717, 1.165) is 11.8 Å². The zero-order chi connectivity index (χ0) is 14.6. The third-order valence-electron chi connectivity index (χ3n) is 2.37. The van der Waals surface area contributed by atoms with Crippen LogP contribution in [0, 0.1) is 5.82 Å². The van der Waals surface area contributed by atoms with Crippen molar-refractivity contribution < 1.29 is 12.8 Å². The molecule has 0 aliphatic rings. The number of halogens is 1. The summed E-state index contributed by atoms with van der Waals surface area (Å²) in [6.07, 6.45) is 5.70. The van der Waals surface area contributed by atoms with Crippen molar-refractivity contribution in [2.75, 3.05) is 16.3 Å². The van der Waals surface area contributed by atoms with Gasteiger partial charge < -0.3 is 5.32 Å². The van der Waals surface area contributed by atoms with Gasteiger partial charge >= 0.3 is 0 Å². The van der Waals surface area contributed by atoms with Crippen LogP contribution in [0.3, 0.4) is 0 Å². The van der Waals surface area contributed by atoms with E-state index in [1.54, 1.807) is 12.4 Å². The third-order valence-corrected chi connectivity index (χ3v) is 2.96. The van der Waals surface area contributed by atoms with E-state index in [0.29, 0.717) is 12.2 Å². The van der Waals surface area contributed by atoms with Crippen LogP contribution in [0.2, 0.25) is 0 Å². The lowest BCUT2D eigenvalue weighted by Gasteiger charge is -2.10. The van der Waals surface area contributed by atoms with Crippen molar-refractivity contribution in [2.24, 2.45) is 0 Å². The quantitative estimate of drug-likeness (QED) is 0.875. The van der Waals surface area contributed by atoms with Crippen LogP contribution < -0.4 is 10.0 Å². The number of anilines is 2. The number of benzene rings is 1. The monoisotopic (exact) mass is 296 g/mol. The molecule has 0 radical (unpaired) electrons. The summed E-state index contributed by atoms with van der Waals surface area (Å²) < 4.78 is 37.9. The topological polar surface area (TPSA) is 84.0 Å². The Bertz CT molecular complexity index is 692. The van der Waals surface area contributed by atoms with Gasteiger partial charge in [-0.25, -0.2) is 22.8 Å². The fraction of sp³-hybridized carbons (Fsp3) is 0.167. The first kappa shape index (κ1) is 14.2. The second kappa shape index (κ2) is 5.83. The molecule has 0 saturated heterocycles. The molecule has 0 saturated carbocycles. The molecule has 2 rings (SSSR count). The fourth-order valence-corrected chi connectivity index (χ4v) is 2.09. The van der Waals surface area contributed by atoms with Gasteiger partial charge in [-0.15, -0.1) is 0 Å². The number of hydrogen-bond acceptors (Lipinski definition) is 5. The molecule has 0 aliphatic carbocycles. The van der Waals surface area contributed by atoms with E-state index in [4.69, 9.17) is 0 Å². The molecule has 20 heavy (non-hydrogen) atoms. The first-order chi connectivity index (χ1) is 9.44. The molecule has 1 aromatic heterocycles. The number of nitrogens with one attached hydrogen (secondary N) is 2. The molecule has 1 heterocycles. The average Bonchev–Trinajstić information content (AvgIpc) is 2.39. The van der Waals surface area contributed by atoms with Crippen LogP contribution in [-0.4, -0.2) is 24.6 Å². The van der Waals surface area contributed by atoms with Gasteiger partial charge in [-0.1, -0.05) is 0 Å². The summed E-state index contributed by atoms with van der Waals surface area (Å²) in [5.41, 5.74) is 1.35. The van der Waals surface area contributed by atoms with Gasteiger partial charge in [0.15, 0.2) is 0 Å². The molecule has 2 N–H and O–H groups in total. The molecule has 0 bridgehead atoms. The Morgan fingerprint density at radius 3 is 2.60 bits per heavy atom. The molecule has 0 fully saturated rings. The predicted octanol–water partition coefficient (Wildman–Crippen LogP) is 1.60. The van der Waals surface area contributed by atoms with Crippen molar-refractivity contribution in [3.8, 4) is 0 Å². The van der Waals surface area contributed by atoms with Crippen LogP contribution >= 0.6 is 0 Å². The second-order valence-corrected chi connectivity index (χ2v) is 5.92. The van der Waals surface area contributed by atoms with Crippen LogP contribution in [0.25, 0.3) is 0 Å². The van der Waals surface area contributed by atoms with Gasteiger partial charge in [0.05, 0.1) is 11.9 Å². The number of hydrogen-bond donors (Lipinski definition) is 2. The van der Waals surface area contributed by atoms with Gasteiger partial charge in [0, 0.05) is 30.2 Å². The predicted molar refractivity (Wildman–Crippen MR) is 74.2 cm³/mol. The Morgan fingerprint density at radius 1 is 1.25 bits per heavy atom. The molecule has 8 heteroatoms. The molecular formula is C12H13FN4O2S. The van der Waals surface area contributed by atoms with E-state index in [-0.39, 0.29) is 5.69 Å². The molecule has 106 valence electrons. The highest BCUT2D eigenvalue weighted by Crippen LogP contribution is 2.20. The zero-order valence-corrected chi connectivity index (χ0v) is 11.5. The summed E-state index contributed by atoms with van der Waals surface area (Å²) in [5.74, 6) is -0.635. The summed E-state index contributed by atoms with van der Waals surface area (Å²) in [7, 11) is -3.52. The Kier molecular flexibility index (Phi) is 4.14. The first-order valence-electron chi connectivity index (χ1n) is 5.69. The Morgan fingerprint density at radius 2 is 1.95 bits per heavy atom. The highest BCUT2D eigenvalue weighted by Gasteiger charge is 2.08. The smallest absolute Gasteiger partial charge is 0.229 e. The van der Waals surface area contributed by atoms with Gasteiger partial charge in [-0.3, -0.25) is 4.72 Å². The summed E-state index contributed by atoms with van der Waals surface area (Å²) in [6, 6.07) is 4.10. The zero-order valence-electron chi connectivity index (χ0n) is 10.7. The van der Waals surface area contributed by atoms with Crippen molar-refractivity contribution in [1.82, 2.24) is 9.97 Å². The summed E-state index contributed by atoms with van der Waals surface area (Å²) >= 11 is 0. The van der Waals surface area contributed by atoms with Crippen molar-refractivity contribution in [3.63, 3.8) is 0 Å². The van der Waals surface area contributed by atoms with Crippen molar-refractivity contribution in [2.45, 2.75) is 6.54 Å². The Balaban J connectivity index is 2.11. The van der Waals surface area contributed by atoms with Gasteiger partial charge in [-0.05, 0) is 18.2 Å². The van der Waals surface area contributed by atoms with Crippen LogP contribution in [0.15, 0.2) is 36.9 Å². The van der Waals surface area contributed by atoms with Gasteiger partial charge in [-0.2, -0.15) is 0 Å². The van der Waals surface area contributed by atoms with E-state index in [1.165, 1.54) is 24.5 Å². The largest absolute Gasteiger partial charge is 0.381 e. The average molecular weight is 296 g/mol. The molecular weight excluding hydrogens is 283 g/mol. The van der Waals surface area contributed by atoms with E-state index in [9.17, 15) is 12.8 Å². The van der Waals surface area contributed by atoms with Crippen molar-refractivity contribution >= 4 is 21.4 Å². The lowest BCUT2D eigenvalue weighted by atomic mass is 10.2. The standard InChI is InChI=1S/C12H13FN4O2S/c1-20(18,19)17-12-4-10(2-3-11(12)13)16-7-9-5-14-8-15-6-9/h2-6,8,16-17H,7H2,1H3. The Hall–Kier alpha value is -2.22. The number of nitrogens with zero attached hydrogens (tertiary/aromatic N) is 2.